The first kappa shape index (κ1) is 29.0. The van der Waals surface area contributed by atoms with Gasteiger partial charge in [-0.25, -0.2) is 0 Å². The summed E-state index contributed by atoms with van der Waals surface area (Å²) in [6.07, 6.45) is 1.52. The maximum Gasteiger partial charge on any atom is 0.264 e. The van der Waals surface area contributed by atoms with Crippen LogP contribution in [0.3, 0.4) is 0 Å². The summed E-state index contributed by atoms with van der Waals surface area (Å²) in [5, 5.41) is 0. The zero-order valence-electron chi connectivity index (χ0n) is 20.9. The quantitative estimate of drug-likeness (QED) is 0.161. The van der Waals surface area contributed by atoms with Gasteiger partial charge in [-0.15, -0.1) is 0 Å². The molecule has 3 rings (SSSR count). The van der Waals surface area contributed by atoms with Crippen LogP contribution in [0, 0.1) is 0 Å². The van der Waals surface area contributed by atoms with Crippen LogP contribution in [0.4, 0.5) is 0 Å². The fourth-order valence-corrected chi connectivity index (χ4v) is 4.70. The molecule has 1 atom stereocenters. The highest BCUT2D eigenvalue weighted by molar-refractivity contribution is 7.86. The minimum atomic E-state index is -3.64. The Kier molecular flexibility index (Phi) is 10.4. The van der Waals surface area contributed by atoms with Gasteiger partial charge in [-0.05, 0) is 16.7 Å². The molecule has 0 radical (unpaired) electrons. The number of hydrogen-bond donors (Lipinski definition) is 0. The molecular weight excluding hydrogens is 516 g/mol. The van der Waals surface area contributed by atoms with Crippen LogP contribution >= 0.6 is 0 Å². The summed E-state index contributed by atoms with van der Waals surface area (Å²) in [6.45, 7) is -0.266. The van der Waals surface area contributed by atoms with Crippen molar-refractivity contribution in [2.75, 3.05) is 38.9 Å². The fourth-order valence-electron chi connectivity index (χ4n) is 3.93. The third-order valence-corrected chi connectivity index (χ3v) is 6.69. The van der Waals surface area contributed by atoms with Crippen LogP contribution in [0.5, 0.6) is 0 Å². The standard InChI is InChI=1S/C27H32O8S2/c1-36(28,29)34-19-18-26(32-20-21-35-37(2,30)31)22-33-27(23-12-6-3-7-13-23,24-14-8-4-9-15-24)25-16-10-5-11-17-25/h3-17,26H,18-22H2,1-2H3. The van der Waals surface area contributed by atoms with Crippen LogP contribution in [-0.2, 0) is 43.7 Å². The Bertz CT molecular complexity index is 1200. The maximum atomic E-state index is 11.5. The van der Waals surface area contributed by atoms with Crippen molar-refractivity contribution < 1.29 is 34.7 Å². The van der Waals surface area contributed by atoms with Crippen LogP contribution < -0.4 is 0 Å². The third-order valence-electron chi connectivity index (χ3n) is 5.50. The molecule has 3 aromatic rings. The van der Waals surface area contributed by atoms with E-state index in [1.54, 1.807) is 0 Å². The summed E-state index contributed by atoms with van der Waals surface area (Å²) in [5.41, 5.74) is 1.71. The lowest BCUT2D eigenvalue weighted by molar-refractivity contribution is -0.0737. The molecular formula is C27H32O8S2. The lowest BCUT2D eigenvalue weighted by Crippen LogP contribution is -2.37. The van der Waals surface area contributed by atoms with E-state index in [1.807, 2.05) is 91.0 Å². The largest absolute Gasteiger partial charge is 0.373 e. The van der Waals surface area contributed by atoms with Crippen LogP contribution in [0.25, 0.3) is 0 Å². The Balaban J connectivity index is 1.93. The van der Waals surface area contributed by atoms with Crippen LogP contribution in [-0.4, -0.2) is 61.9 Å². The molecule has 10 heteroatoms. The highest BCUT2D eigenvalue weighted by Crippen LogP contribution is 2.40. The second-order valence-electron chi connectivity index (χ2n) is 8.42. The summed E-state index contributed by atoms with van der Waals surface area (Å²) in [7, 11) is -7.25. The number of benzene rings is 3. The van der Waals surface area contributed by atoms with Crippen molar-refractivity contribution in [3.8, 4) is 0 Å². The Hall–Kier alpha value is -2.60. The SMILES string of the molecule is CS(=O)(=O)OCCOC(CCOS(C)(=O)=O)COC(c1ccccc1)(c1ccccc1)c1ccccc1. The van der Waals surface area contributed by atoms with Crippen molar-refractivity contribution >= 4 is 20.2 Å². The van der Waals surface area contributed by atoms with Gasteiger partial charge < -0.3 is 9.47 Å². The van der Waals surface area contributed by atoms with Crippen molar-refractivity contribution in [1.82, 2.24) is 0 Å². The van der Waals surface area contributed by atoms with E-state index >= 15 is 0 Å². The number of ether oxygens (including phenoxy) is 2. The van der Waals surface area contributed by atoms with Crippen molar-refractivity contribution in [2.45, 2.75) is 18.1 Å². The molecule has 0 saturated heterocycles. The highest BCUT2D eigenvalue weighted by Gasteiger charge is 2.38. The van der Waals surface area contributed by atoms with Gasteiger partial charge in [0.05, 0.1) is 45.0 Å². The molecule has 8 nitrogen and oxygen atoms in total. The molecule has 37 heavy (non-hydrogen) atoms. The van der Waals surface area contributed by atoms with Gasteiger partial charge in [0.25, 0.3) is 20.2 Å². The smallest absolute Gasteiger partial charge is 0.264 e. The van der Waals surface area contributed by atoms with Crippen LogP contribution in [0.1, 0.15) is 23.1 Å². The monoisotopic (exact) mass is 548 g/mol. The molecule has 1 unspecified atom stereocenters. The minimum absolute atomic E-state index is 0.0328. The first-order valence-corrected chi connectivity index (χ1v) is 15.3. The molecule has 0 saturated carbocycles. The van der Waals surface area contributed by atoms with E-state index in [2.05, 4.69) is 0 Å². The zero-order valence-corrected chi connectivity index (χ0v) is 22.5. The Morgan fingerprint density at radius 1 is 0.622 bits per heavy atom. The van der Waals surface area contributed by atoms with Gasteiger partial charge in [0, 0.05) is 6.42 Å². The van der Waals surface area contributed by atoms with Gasteiger partial charge in [-0.2, -0.15) is 16.8 Å². The highest BCUT2D eigenvalue weighted by atomic mass is 32.2. The van der Waals surface area contributed by atoms with Gasteiger partial charge in [0.1, 0.15) is 5.60 Å². The molecule has 0 N–H and O–H groups in total. The Labute approximate surface area is 219 Å². The van der Waals surface area contributed by atoms with Gasteiger partial charge >= 0.3 is 0 Å². The van der Waals surface area contributed by atoms with E-state index < -0.39 is 31.9 Å². The van der Waals surface area contributed by atoms with Gasteiger partial charge in [-0.3, -0.25) is 8.37 Å². The summed E-state index contributed by atoms with van der Waals surface area (Å²) >= 11 is 0. The molecule has 0 heterocycles. The van der Waals surface area contributed by atoms with Crippen molar-refractivity contribution in [3.05, 3.63) is 108 Å². The van der Waals surface area contributed by atoms with E-state index in [4.69, 9.17) is 17.8 Å². The van der Waals surface area contributed by atoms with Crippen molar-refractivity contribution in [3.63, 3.8) is 0 Å². The van der Waals surface area contributed by atoms with E-state index in [-0.39, 0.29) is 32.8 Å². The summed E-state index contributed by atoms with van der Waals surface area (Å²) in [4.78, 5) is 0. The predicted molar refractivity (Wildman–Crippen MR) is 141 cm³/mol. The van der Waals surface area contributed by atoms with E-state index in [0.29, 0.717) is 0 Å². The average Bonchev–Trinajstić information content (AvgIpc) is 2.87. The molecule has 0 aliphatic carbocycles. The van der Waals surface area contributed by atoms with Crippen molar-refractivity contribution in [1.29, 1.82) is 0 Å². The first-order chi connectivity index (χ1) is 17.6. The summed E-state index contributed by atoms with van der Waals surface area (Å²) in [6, 6.07) is 29.4. The maximum absolute atomic E-state index is 11.5. The van der Waals surface area contributed by atoms with Gasteiger partial charge in [0.2, 0.25) is 0 Å². The number of hydrogen-bond acceptors (Lipinski definition) is 8. The molecule has 0 spiro atoms. The first-order valence-electron chi connectivity index (χ1n) is 11.7. The second-order valence-corrected chi connectivity index (χ2v) is 11.7. The molecule has 0 aliphatic rings. The van der Waals surface area contributed by atoms with Gasteiger partial charge in [0.15, 0.2) is 0 Å². The topological polar surface area (TPSA) is 105 Å². The molecule has 0 aromatic heterocycles. The van der Waals surface area contributed by atoms with E-state index in [1.165, 1.54) is 0 Å². The molecule has 3 aromatic carbocycles. The normalized spacial score (nSPS) is 13.4. The second kappa shape index (κ2) is 13.3. The summed E-state index contributed by atoms with van der Waals surface area (Å²) < 4.78 is 67.8. The lowest BCUT2D eigenvalue weighted by Gasteiger charge is -2.37. The number of rotatable bonds is 15. The molecule has 0 amide bonds. The predicted octanol–water partition coefficient (Wildman–Crippen LogP) is 3.72. The van der Waals surface area contributed by atoms with Crippen molar-refractivity contribution in [2.24, 2.45) is 0 Å². The molecule has 0 bridgehead atoms. The zero-order chi connectivity index (χ0) is 26.8. The van der Waals surface area contributed by atoms with Crippen LogP contribution in [0.2, 0.25) is 0 Å². The average molecular weight is 549 g/mol. The van der Waals surface area contributed by atoms with E-state index in [9.17, 15) is 16.8 Å². The molecule has 0 aliphatic heterocycles. The third kappa shape index (κ3) is 9.03. The van der Waals surface area contributed by atoms with Crippen LogP contribution in [0.15, 0.2) is 91.0 Å². The fraction of sp³-hybridized carbons (Fsp3) is 0.333. The molecule has 200 valence electrons. The summed E-state index contributed by atoms with van der Waals surface area (Å²) in [5.74, 6) is 0. The van der Waals surface area contributed by atoms with Gasteiger partial charge in [-0.1, -0.05) is 91.0 Å². The Morgan fingerprint density at radius 3 is 1.43 bits per heavy atom. The minimum Gasteiger partial charge on any atom is -0.373 e. The molecule has 0 fully saturated rings. The lowest BCUT2D eigenvalue weighted by atomic mass is 9.80. The Morgan fingerprint density at radius 2 is 1.03 bits per heavy atom. The van der Waals surface area contributed by atoms with E-state index in [0.717, 1.165) is 29.2 Å².